The summed E-state index contributed by atoms with van der Waals surface area (Å²) in [7, 11) is 2.19. The van der Waals surface area contributed by atoms with E-state index >= 15 is 0 Å². The second-order valence-corrected chi connectivity index (χ2v) is 6.71. The lowest BCUT2D eigenvalue weighted by molar-refractivity contribution is 0.313. The van der Waals surface area contributed by atoms with Crippen LogP contribution in [0.3, 0.4) is 0 Å². The van der Waals surface area contributed by atoms with Crippen LogP contribution in [0, 0.1) is 0 Å². The van der Waals surface area contributed by atoms with E-state index in [1.165, 1.54) is 22.4 Å². The molecule has 0 aliphatic carbocycles. The highest BCUT2D eigenvalue weighted by Gasteiger charge is 2.14. The summed E-state index contributed by atoms with van der Waals surface area (Å²) in [6.07, 6.45) is 4.04. The molecule has 2 aliphatic rings. The zero-order valence-corrected chi connectivity index (χ0v) is 14.7. The van der Waals surface area contributed by atoms with Crippen molar-refractivity contribution in [2.24, 2.45) is 4.99 Å². The molecule has 0 spiro atoms. The highest BCUT2D eigenvalue weighted by molar-refractivity contribution is 5.92. The molecular weight excluding hydrogens is 308 g/mol. The van der Waals surface area contributed by atoms with Gasteiger partial charge in [-0.3, -0.25) is 4.99 Å². The van der Waals surface area contributed by atoms with E-state index in [4.69, 9.17) is 0 Å². The van der Waals surface area contributed by atoms with Crippen molar-refractivity contribution >= 4 is 23.2 Å². The molecule has 0 amide bonds. The minimum absolute atomic E-state index is 0.726. The predicted molar refractivity (Wildman–Crippen MR) is 107 cm³/mol. The van der Waals surface area contributed by atoms with E-state index in [2.05, 4.69) is 81.9 Å². The molecule has 0 unspecified atom stereocenters. The van der Waals surface area contributed by atoms with E-state index in [9.17, 15) is 0 Å². The van der Waals surface area contributed by atoms with Gasteiger partial charge in [0, 0.05) is 50.0 Å². The molecule has 2 aromatic rings. The van der Waals surface area contributed by atoms with Crippen LogP contribution in [-0.4, -0.2) is 50.9 Å². The minimum atomic E-state index is 0.726. The lowest BCUT2D eigenvalue weighted by Gasteiger charge is -2.34. The lowest BCUT2D eigenvalue weighted by atomic mass is 9.99. The maximum absolute atomic E-state index is 4.45. The maximum Gasteiger partial charge on any atom is 0.0660 e. The molecule has 0 aromatic heterocycles. The third-order valence-corrected chi connectivity index (χ3v) is 4.95. The van der Waals surface area contributed by atoms with Crippen molar-refractivity contribution in [3.8, 4) is 0 Å². The van der Waals surface area contributed by atoms with E-state index in [-0.39, 0.29) is 0 Å². The Kier molecular flexibility index (Phi) is 4.53. The number of fused-ring (bicyclic) bond motifs is 1. The van der Waals surface area contributed by atoms with Gasteiger partial charge in [-0.15, -0.1) is 0 Å². The number of hydrogen-bond donors (Lipinski definition) is 1. The Morgan fingerprint density at radius 3 is 2.52 bits per heavy atom. The second kappa shape index (κ2) is 7.11. The van der Waals surface area contributed by atoms with E-state index in [1.54, 1.807) is 0 Å². The standard InChI is InChI=1S/C21H24N4/c1-24-10-12-25(13-11-24)20-8-6-19(7-9-20)23-16-18-15-22-14-17-4-2-3-5-21(17)18/h2-9,14,16,23H,10-13,15H2,1H3/b18-16+. The van der Waals surface area contributed by atoms with E-state index < -0.39 is 0 Å². The van der Waals surface area contributed by atoms with Crippen LogP contribution in [0.1, 0.15) is 11.1 Å². The van der Waals surface area contributed by atoms with Crippen LogP contribution >= 0.6 is 0 Å². The molecule has 25 heavy (non-hydrogen) atoms. The van der Waals surface area contributed by atoms with Crippen LogP contribution in [0.5, 0.6) is 0 Å². The number of nitrogens with zero attached hydrogens (tertiary/aromatic N) is 3. The van der Waals surface area contributed by atoms with Crippen molar-refractivity contribution < 1.29 is 0 Å². The number of aliphatic imine (C=N–C) groups is 1. The first-order chi connectivity index (χ1) is 12.3. The number of hydrogen-bond acceptors (Lipinski definition) is 4. The van der Waals surface area contributed by atoms with Crippen molar-refractivity contribution in [1.82, 2.24) is 4.90 Å². The molecule has 1 saturated heterocycles. The molecule has 1 N–H and O–H groups in total. The summed E-state index contributed by atoms with van der Waals surface area (Å²) < 4.78 is 0. The summed E-state index contributed by atoms with van der Waals surface area (Å²) in [6.45, 7) is 5.19. The third-order valence-electron chi connectivity index (χ3n) is 4.95. The average molecular weight is 332 g/mol. The first kappa shape index (κ1) is 15.9. The molecule has 0 bridgehead atoms. The fourth-order valence-electron chi connectivity index (χ4n) is 3.36. The summed E-state index contributed by atoms with van der Waals surface area (Å²) in [5.41, 5.74) is 6.09. The fraction of sp³-hybridized carbons (Fsp3) is 0.286. The van der Waals surface area contributed by atoms with Gasteiger partial charge in [0.2, 0.25) is 0 Å². The quantitative estimate of drug-likeness (QED) is 0.935. The Bertz CT molecular complexity index is 784. The number of piperazine rings is 1. The molecule has 128 valence electrons. The SMILES string of the molecule is CN1CCN(c2ccc(N/C=C3\CN=Cc4ccccc43)cc2)CC1. The zero-order chi connectivity index (χ0) is 17.1. The van der Waals surface area contributed by atoms with Gasteiger partial charge in [-0.05, 0) is 48.0 Å². The van der Waals surface area contributed by atoms with Crippen LogP contribution in [-0.2, 0) is 0 Å². The minimum Gasteiger partial charge on any atom is -0.369 e. The molecular formula is C21H24N4. The summed E-state index contributed by atoms with van der Waals surface area (Å²) in [4.78, 5) is 9.28. The molecule has 4 heteroatoms. The predicted octanol–water partition coefficient (Wildman–Crippen LogP) is 3.32. The second-order valence-electron chi connectivity index (χ2n) is 6.71. The van der Waals surface area contributed by atoms with Crippen LogP contribution in [0.4, 0.5) is 11.4 Å². The maximum atomic E-state index is 4.45. The van der Waals surface area contributed by atoms with Gasteiger partial charge in [0.05, 0.1) is 6.54 Å². The molecule has 2 heterocycles. The summed E-state index contributed by atoms with van der Waals surface area (Å²) in [6, 6.07) is 17.1. The van der Waals surface area contributed by atoms with Crippen LogP contribution in [0.2, 0.25) is 0 Å². The summed E-state index contributed by atoms with van der Waals surface area (Å²) in [5.74, 6) is 0. The largest absolute Gasteiger partial charge is 0.369 e. The van der Waals surface area contributed by atoms with Gasteiger partial charge in [0.15, 0.2) is 0 Å². The first-order valence-electron chi connectivity index (χ1n) is 8.88. The molecule has 4 nitrogen and oxygen atoms in total. The smallest absolute Gasteiger partial charge is 0.0660 e. The monoisotopic (exact) mass is 332 g/mol. The summed E-state index contributed by atoms with van der Waals surface area (Å²) in [5, 5.41) is 3.43. The van der Waals surface area contributed by atoms with Gasteiger partial charge >= 0.3 is 0 Å². The van der Waals surface area contributed by atoms with Crippen molar-refractivity contribution in [3.63, 3.8) is 0 Å². The highest BCUT2D eigenvalue weighted by atomic mass is 15.2. The van der Waals surface area contributed by atoms with Gasteiger partial charge in [-0.1, -0.05) is 24.3 Å². The van der Waals surface area contributed by atoms with Gasteiger partial charge in [-0.2, -0.15) is 0 Å². The van der Waals surface area contributed by atoms with Gasteiger partial charge < -0.3 is 15.1 Å². The first-order valence-corrected chi connectivity index (χ1v) is 8.88. The Hall–Kier alpha value is -2.59. The van der Waals surface area contributed by atoms with Crippen LogP contribution < -0.4 is 10.2 Å². The van der Waals surface area contributed by atoms with Crippen molar-refractivity contribution in [3.05, 3.63) is 65.9 Å². The molecule has 0 radical (unpaired) electrons. The number of likely N-dealkylation sites (N-methyl/N-ethyl adjacent to an activating group) is 1. The van der Waals surface area contributed by atoms with E-state index in [0.717, 1.165) is 38.4 Å². The third kappa shape index (κ3) is 3.59. The zero-order valence-electron chi connectivity index (χ0n) is 14.7. The number of nitrogens with one attached hydrogen (secondary N) is 1. The molecule has 0 atom stereocenters. The van der Waals surface area contributed by atoms with Crippen LogP contribution in [0.25, 0.3) is 5.57 Å². The molecule has 2 aromatic carbocycles. The van der Waals surface area contributed by atoms with Crippen molar-refractivity contribution in [2.45, 2.75) is 0 Å². The number of rotatable bonds is 3. The lowest BCUT2D eigenvalue weighted by Crippen LogP contribution is -2.44. The number of anilines is 2. The Labute approximate surface area is 149 Å². The van der Waals surface area contributed by atoms with Crippen LogP contribution in [0.15, 0.2) is 59.7 Å². The van der Waals surface area contributed by atoms with Crippen molar-refractivity contribution in [1.29, 1.82) is 0 Å². The Morgan fingerprint density at radius 1 is 0.960 bits per heavy atom. The topological polar surface area (TPSA) is 30.9 Å². The van der Waals surface area contributed by atoms with Gasteiger partial charge in [0.25, 0.3) is 0 Å². The summed E-state index contributed by atoms with van der Waals surface area (Å²) >= 11 is 0. The highest BCUT2D eigenvalue weighted by Crippen LogP contribution is 2.23. The van der Waals surface area contributed by atoms with Gasteiger partial charge in [0.1, 0.15) is 0 Å². The average Bonchev–Trinajstić information content (AvgIpc) is 2.67. The normalized spacial score (nSPS) is 19.1. The Balaban J connectivity index is 1.44. The molecule has 4 rings (SSSR count). The van der Waals surface area contributed by atoms with Gasteiger partial charge in [-0.25, -0.2) is 0 Å². The molecule has 0 saturated carbocycles. The van der Waals surface area contributed by atoms with E-state index in [0.29, 0.717) is 0 Å². The van der Waals surface area contributed by atoms with Crippen molar-refractivity contribution in [2.75, 3.05) is 50.0 Å². The molecule has 1 fully saturated rings. The Morgan fingerprint density at radius 2 is 1.72 bits per heavy atom. The number of benzene rings is 2. The van der Waals surface area contributed by atoms with E-state index in [1.807, 2.05) is 6.21 Å². The molecule has 2 aliphatic heterocycles. The fourth-order valence-corrected chi connectivity index (χ4v) is 3.36.